The lowest BCUT2D eigenvalue weighted by molar-refractivity contribution is -0.128. The van der Waals surface area contributed by atoms with Crippen molar-refractivity contribution >= 4 is 28.3 Å². The van der Waals surface area contributed by atoms with E-state index in [-0.39, 0.29) is 17.5 Å². The molecule has 180 valence electrons. The van der Waals surface area contributed by atoms with Crippen LogP contribution in [0.3, 0.4) is 0 Å². The van der Waals surface area contributed by atoms with E-state index in [0.29, 0.717) is 29.9 Å². The molecule has 1 amide bonds. The van der Waals surface area contributed by atoms with Crippen LogP contribution in [-0.2, 0) is 17.8 Å². The average molecular weight is 481 g/mol. The van der Waals surface area contributed by atoms with Crippen molar-refractivity contribution in [1.82, 2.24) is 20.0 Å². The topological polar surface area (TPSA) is 67.2 Å². The smallest absolute Gasteiger partial charge is 0.274 e. The van der Waals surface area contributed by atoms with Gasteiger partial charge in [-0.05, 0) is 43.1 Å². The highest BCUT2D eigenvalue weighted by Crippen LogP contribution is 2.21. The molecule has 1 aliphatic rings. The number of benzene rings is 2. The number of likely N-dealkylation sites (tertiary alicyclic amines) is 1. The second-order valence-electron chi connectivity index (χ2n) is 10.1. The normalized spacial score (nSPS) is 16.8. The van der Waals surface area contributed by atoms with E-state index in [9.17, 15) is 9.59 Å². The molecular formula is C27H33ClN4O2. The first-order valence-corrected chi connectivity index (χ1v) is 12.4. The first-order chi connectivity index (χ1) is 16.2. The van der Waals surface area contributed by atoms with Gasteiger partial charge in [0.1, 0.15) is 0 Å². The molecule has 4 rings (SSSR count). The first-order valence-electron chi connectivity index (χ1n) is 12.0. The fraction of sp³-hybridized carbons (Fsp3) is 0.444. The highest BCUT2D eigenvalue weighted by atomic mass is 35.5. The molecule has 3 aromatic rings. The number of amides is 1. The van der Waals surface area contributed by atoms with Gasteiger partial charge < -0.3 is 5.32 Å². The third kappa shape index (κ3) is 5.68. The van der Waals surface area contributed by atoms with Crippen LogP contribution in [0.4, 0.5) is 0 Å². The average Bonchev–Trinajstić information content (AvgIpc) is 3.24. The number of carbonyl (C=O) groups excluding carboxylic acids is 1. The maximum Gasteiger partial charge on any atom is 0.274 e. The van der Waals surface area contributed by atoms with Crippen molar-refractivity contribution in [3.05, 3.63) is 75.2 Å². The number of nitrogens with zero attached hydrogens (tertiary/aromatic N) is 3. The van der Waals surface area contributed by atoms with Crippen molar-refractivity contribution in [2.24, 2.45) is 5.41 Å². The van der Waals surface area contributed by atoms with Gasteiger partial charge >= 0.3 is 0 Å². The Hall–Kier alpha value is -2.70. The molecule has 0 saturated carbocycles. The van der Waals surface area contributed by atoms with Crippen molar-refractivity contribution in [3.63, 3.8) is 0 Å². The summed E-state index contributed by atoms with van der Waals surface area (Å²) < 4.78 is 1.64. The number of carbonyl (C=O) groups is 1. The quantitative estimate of drug-likeness (QED) is 0.548. The van der Waals surface area contributed by atoms with Crippen molar-refractivity contribution in [2.45, 2.75) is 52.6 Å². The lowest BCUT2D eigenvalue weighted by Gasteiger charge is -2.26. The van der Waals surface area contributed by atoms with E-state index in [1.54, 1.807) is 4.68 Å². The summed E-state index contributed by atoms with van der Waals surface area (Å²) in [5.41, 5.74) is 1.54. The van der Waals surface area contributed by atoms with Gasteiger partial charge in [0.25, 0.3) is 5.56 Å². The Morgan fingerprint density at radius 1 is 1.12 bits per heavy atom. The van der Waals surface area contributed by atoms with Crippen molar-refractivity contribution < 1.29 is 4.79 Å². The van der Waals surface area contributed by atoms with Gasteiger partial charge in [-0.1, -0.05) is 62.7 Å². The van der Waals surface area contributed by atoms with Crippen LogP contribution in [0.15, 0.2) is 53.3 Å². The molecule has 1 saturated heterocycles. The number of hydrogen-bond donors (Lipinski definition) is 1. The zero-order valence-electron chi connectivity index (χ0n) is 20.2. The molecular weight excluding hydrogens is 448 g/mol. The largest absolute Gasteiger partial charge is 0.354 e. The molecule has 7 heteroatoms. The van der Waals surface area contributed by atoms with E-state index in [1.165, 1.54) is 0 Å². The molecule has 0 aliphatic carbocycles. The molecule has 6 nitrogen and oxygen atoms in total. The summed E-state index contributed by atoms with van der Waals surface area (Å²) in [6, 6.07) is 15.7. The second-order valence-corrected chi connectivity index (χ2v) is 10.6. The number of aromatic nitrogens is 2. The predicted octanol–water partition coefficient (Wildman–Crippen LogP) is 4.27. The van der Waals surface area contributed by atoms with E-state index in [2.05, 4.69) is 10.2 Å². The minimum absolute atomic E-state index is 0.0525. The van der Waals surface area contributed by atoms with Crippen LogP contribution in [0.2, 0.25) is 5.02 Å². The minimum atomic E-state index is -0.396. The van der Waals surface area contributed by atoms with Crippen LogP contribution in [0.25, 0.3) is 10.8 Å². The lowest BCUT2D eigenvalue weighted by Crippen LogP contribution is -2.43. The number of fused-ring (bicyclic) bond motifs is 1. The highest BCUT2D eigenvalue weighted by Gasteiger charge is 2.27. The Morgan fingerprint density at radius 2 is 1.82 bits per heavy atom. The Bertz CT molecular complexity index is 1210. The van der Waals surface area contributed by atoms with E-state index >= 15 is 0 Å². The third-order valence-corrected chi connectivity index (χ3v) is 6.73. The number of hydrogen-bond acceptors (Lipinski definition) is 4. The van der Waals surface area contributed by atoms with E-state index in [0.717, 1.165) is 42.6 Å². The van der Waals surface area contributed by atoms with Gasteiger partial charge in [0, 0.05) is 41.4 Å². The van der Waals surface area contributed by atoms with Crippen LogP contribution in [0, 0.1) is 5.41 Å². The standard InChI is InChI=1S/C27H33ClN4O2/c1-27(2,3)26(34)29-14-16-31-15-6-7-21(31)18-32-25(33)23-9-5-4-8-22(23)24(30-32)17-19-10-12-20(28)13-11-19/h4-5,8-13,21H,6-7,14-18H2,1-3H3,(H,29,34). The predicted molar refractivity (Wildman–Crippen MR) is 137 cm³/mol. The third-order valence-electron chi connectivity index (χ3n) is 6.48. The summed E-state index contributed by atoms with van der Waals surface area (Å²) in [7, 11) is 0. The molecule has 1 aliphatic heterocycles. The van der Waals surface area contributed by atoms with Gasteiger partial charge in [-0.15, -0.1) is 0 Å². The summed E-state index contributed by atoms with van der Waals surface area (Å²) in [6.07, 6.45) is 2.73. The van der Waals surface area contributed by atoms with Gasteiger partial charge in [-0.3, -0.25) is 14.5 Å². The molecule has 1 atom stereocenters. The molecule has 0 radical (unpaired) electrons. The van der Waals surface area contributed by atoms with Gasteiger partial charge in [-0.25, -0.2) is 4.68 Å². The van der Waals surface area contributed by atoms with Crippen LogP contribution in [0.1, 0.15) is 44.9 Å². The Kier molecular flexibility index (Phi) is 7.39. The molecule has 2 aromatic carbocycles. The van der Waals surface area contributed by atoms with Crippen LogP contribution in [0.5, 0.6) is 0 Å². The van der Waals surface area contributed by atoms with Gasteiger partial charge in [-0.2, -0.15) is 5.10 Å². The maximum atomic E-state index is 13.3. The molecule has 0 bridgehead atoms. The summed E-state index contributed by atoms with van der Waals surface area (Å²) in [5, 5.41) is 10.2. The summed E-state index contributed by atoms with van der Waals surface area (Å²) in [5.74, 6) is 0.0579. The Morgan fingerprint density at radius 3 is 2.53 bits per heavy atom. The van der Waals surface area contributed by atoms with Crippen LogP contribution < -0.4 is 10.9 Å². The van der Waals surface area contributed by atoms with Crippen molar-refractivity contribution in [3.8, 4) is 0 Å². The SMILES string of the molecule is CC(C)(C)C(=O)NCCN1CCCC1Cn1nc(Cc2ccc(Cl)cc2)c2ccccc2c1=O. The molecule has 0 spiro atoms. The molecule has 34 heavy (non-hydrogen) atoms. The lowest BCUT2D eigenvalue weighted by atomic mass is 9.96. The monoisotopic (exact) mass is 480 g/mol. The molecule has 1 fully saturated rings. The van der Waals surface area contributed by atoms with Gasteiger partial charge in [0.15, 0.2) is 0 Å². The van der Waals surface area contributed by atoms with E-state index in [4.69, 9.17) is 16.7 Å². The maximum absolute atomic E-state index is 13.3. The fourth-order valence-corrected chi connectivity index (χ4v) is 4.66. The Balaban J connectivity index is 1.54. The molecule has 1 unspecified atom stereocenters. The van der Waals surface area contributed by atoms with Crippen molar-refractivity contribution in [1.29, 1.82) is 0 Å². The second kappa shape index (κ2) is 10.3. The van der Waals surface area contributed by atoms with E-state index in [1.807, 2.05) is 69.3 Å². The summed E-state index contributed by atoms with van der Waals surface area (Å²) >= 11 is 6.05. The number of nitrogens with one attached hydrogen (secondary N) is 1. The molecule has 2 heterocycles. The molecule has 1 aromatic heterocycles. The number of halogens is 1. The summed E-state index contributed by atoms with van der Waals surface area (Å²) in [6.45, 7) is 8.64. The Labute approximate surface area is 205 Å². The number of rotatable bonds is 7. The molecule has 1 N–H and O–H groups in total. The van der Waals surface area contributed by atoms with Gasteiger partial charge in [0.05, 0.1) is 17.6 Å². The zero-order valence-corrected chi connectivity index (χ0v) is 20.9. The van der Waals surface area contributed by atoms with Crippen LogP contribution >= 0.6 is 11.6 Å². The van der Waals surface area contributed by atoms with Gasteiger partial charge in [0.2, 0.25) is 5.91 Å². The summed E-state index contributed by atoms with van der Waals surface area (Å²) in [4.78, 5) is 27.9. The first kappa shape index (κ1) is 24.4. The zero-order chi connectivity index (χ0) is 24.3. The van der Waals surface area contributed by atoms with E-state index < -0.39 is 5.41 Å². The minimum Gasteiger partial charge on any atom is -0.354 e. The van der Waals surface area contributed by atoms with Crippen LogP contribution in [-0.4, -0.2) is 46.3 Å². The fourth-order valence-electron chi connectivity index (χ4n) is 4.53. The van der Waals surface area contributed by atoms with Crippen molar-refractivity contribution in [2.75, 3.05) is 19.6 Å². The highest BCUT2D eigenvalue weighted by molar-refractivity contribution is 6.30.